The maximum absolute atomic E-state index is 6.03. The largest absolute Gasteiger partial charge is 0.439 e. The Hall–Kier alpha value is -3.19. The first-order valence-electron chi connectivity index (χ1n) is 11.1. The molecule has 0 unspecified atom stereocenters. The Bertz CT molecular complexity index is 1030. The lowest BCUT2D eigenvalue weighted by molar-refractivity contribution is 0.440. The maximum Gasteiger partial charge on any atom is 0.234 e. The minimum absolute atomic E-state index is 0.0577. The van der Waals surface area contributed by atoms with Crippen LogP contribution in [0.4, 0.5) is 11.8 Å². The highest BCUT2D eigenvalue weighted by Gasteiger charge is 2.20. The fourth-order valence-electron chi connectivity index (χ4n) is 3.85. The van der Waals surface area contributed by atoms with Crippen LogP contribution in [0.5, 0.6) is 11.6 Å². The SMILES string of the molecule is C[C@@H]1CCCN(c2cc(Oc3ccccc3)nc(NC(=S)N[C@@H](C)c3ccccc3)n2)C1. The van der Waals surface area contributed by atoms with Gasteiger partial charge in [-0.1, -0.05) is 55.5 Å². The van der Waals surface area contributed by atoms with Crippen molar-refractivity contribution in [3.05, 3.63) is 72.3 Å². The number of thiocarbonyl (C=S) groups is 1. The molecule has 0 aliphatic carbocycles. The van der Waals surface area contributed by atoms with E-state index in [1.807, 2.05) is 54.6 Å². The average molecular weight is 448 g/mol. The summed E-state index contributed by atoms with van der Waals surface area (Å²) in [5.74, 6) is 3.11. The van der Waals surface area contributed by atoms with Crippen molar-refractivity contribution in [1.29, 1.82) is 0 Å². The van der Waals surface area contributed by atoms with E-state index in [-0.39, 0.29) is 6.04 Å². The van der Waals surface area contributed by atoms with Crippen LogP contribution in [0.15, 0.2) is 66.7 Å². The summed E-state index contributed by atoms with van der Waals surface area (Å²) in [7, 11) is 0. The number of hydrogen-bond acceptors (Lipinski definition) is 5. The van der Waals surface area contributed by atoms with Gasteiger partial charge in [-0.25, -0.2) is 0 Å². The first kappa shape index (κ1) is 22.0. The summed E-state index contributed by atoms with van der Waals surface area (Å²) in [4.78, 5) is 11.6. The number of nitrogens with zero attached hydrogens (tertiary/aromatic N) is 3. The van der Waals surface area contributed by atoms with E-state index in [1.54, 1.807) is 0 Å². The van der Waals surface area contributed by atoms with E-state index in [2.05, 4.69) is 46.5 Å². The molecular weight excluding hydrogens is 418 g/mol. The molecule has 4 rings (SSSR count). The molecule has 1 saturated heterocycles. The van der Waals surface area contributed by atoms with Crippen LogP contribution in [0.1, 0.15) is 38.3 Å². The first-order chi connectivity index (χ1) is 15.6. The van der Waals surface area contributed by atoms with E-state index in [9.17, 15) is 0 Å². The molecule has 0 bridgehead atoms. The van der Waals surface area contributed by atoms with Crippen molar-refractivity contribution in [1.82, 2.24) is 15.3 Å². The minimum Gasteiger partial charge on any atom is -0.439 e. The Morgan fingerprint density at radius 3 is 2.53 bits per heavy atom. The van der Waals surface area contributed by atoms with Gasteiger partial charge in [-0.2, -0.15) is 9.97 Å². The van der Waals surface area contributed by atoms with E-state index in [4.69, 9.17) is 21.9 Å². The molecule has 7 heteroatoms. The Kier molecular flexibility index (Phi) is 7.17. The Balaban J connectivity index is 1.53. The Morgan fingerprint density at radius 2 is 1.81 bits per heavy atom. The summed E-state index contributed by atoms with van der Waals surface area (Å²) in [6.45, 7) is 6.28. The summed E-state index contributed by atoms with van der Waals surface area (Å²) < 4.78 is 6.03. The number of hydrogen-bond donors (Lipinski definition) is 2. The number of rotatable bonds is 6. The number of ether oxygens (including phenoxy) is 1. The van der Waals surface area contributed by atoms with Gasteiger partial charge < -0.3 is 20.3 Å². The van der Waals surface area contributed by atoms with Crippen LogP contribution in [0.2, 0.25) is 0 Å². The molecule has 2 N–H and O–H groups in total. The molecule has 0 radical (unpaired) electrons. The highest BCUT2D eigenvalue weighted by atomic mass is 32.1. The van der Waals surface area contributed by atoms with Crippen molar-refractivity contribution in [3.8, 4) is 11.6 Å². The summed E-state index contributed by atoms with van der Waals surface area (Å²) >= 11 is 5.55. The van der Waals surface area contributed by atoms with Gasteiger partial charge in [0.1, 0.15) is 11.6 Å². The van der Waals surface area contributed by atoms with E-state index >= 15 is 0 Å². The molecule has 2 aromatic carbocycles. The topological polar surface area (TPSA) is 62.3 Å². The van der Waals surface area contributed by atoms with Crippen LogP contribution in [-0.4, -0.2) is 28.2 Å². The summed E-state index contributed by atoms with van der Waals surface area (Å²) in [6.07, 6.45) is 2.39. The Morgan fingerprint density at radius 1 is 1.09 bits per heavy atom. The van der Waals surface area contributed by atoms with Crippen LogP contribution in [-0.2, 0) is 0 Å². The lowest BCUT2D eigenvalue weighted by atomic mass is 10.0. The lowest BCUT2D eigenvalue weighted by Gasteiger charge is -2.32. The van der Waals surface area contributed by atoms with Gasteiger partial charge in [-0.3, -0.25) is 0 Å². The fraction of sp³-hybridized carbons (Fsp3) is 0.320. The number of para-hydroxylation sites is 1. The first-order valence-corrected chi connectivity index (χ1v) is 11.5. The zero-order valence-electron chi connectivity index (χ0n) is 18.5. The second kappa shape index (κ2) is 10.4. The molecule has 2 atom stereocenters. The lowest BCUT2D eigenvalue weighted by Crippen LogP contribution is -2.35. The van der Waals surface area contributed by atoms with Crippen molar-refractivity contribution in [2.75, 3.05) is 23.3 Å². The molecule has 1 fully saturated rings. The standard InChI is InChI=1S/C25H29N5OS/c1-18-10-9-15-30(17-18)22-16-23(31-21-13-7-4-8-14-21)28-24(27-22)29-25(32)26-19(2)20-11-5-3-6-12-20/h3-8,11-14,16,18-19H,9-10,15,17H2,1-2H3,(H2,26,27,28,29,32)/t18-,19+/m1/s1. The maximum atomic E-state index is 6.03. The van der Waals surface area contributed by atoms with Gasteiger partial charge in [0, 0.05) is 19.2 Å². The third-order valence-electron chi connectivity index (χ3n) is 5.51. The van der Waals surface area contributed by atoms with Crippen molar-refractivity contribution in [3.63, 3.8) is 0 Å². The van der Waals surface area contributed by atoms with Gasteiger partial charge in [-0.05, 0) is 55.6 Å². The van der Waals surface area contributed by atoms with Crippen LogP contribution in [0.3, 0.4) is 0 Å². The molecule has 0 amide bonds. The summed E-state index contributed by atoms with van der Waals surface area (Å²) in [5.41, 5.74) is 1.15. The minimum atomic E-state index is 0.0577. The molecule has 2 heterocycles. The molecule has 32 heavy (non-hydrogen) atoms. The third-order valence-corrected chi connectivity index (χ3v) is 5.73. The van der Waals surface area contributed by atoms with Gasteiger partial charge in [-0.15, -0.1) is 0 Å². The molecule has 1 aliphatic heterocycles. The highest BCUT2D eigenvalue weighted by molar-refractivity contribution is 7.80. The summed E-state index contributed by atoms with van der Waals surface area (Å²) in [6, 6.07) is 21.8. The zero-order chi connectivity index (χ0) is 22.3. The van der Waals surface area contributed by atoms with Crippen LogP contribution in [0.25, 0.3) is 0 Å². The average Bonchev–Trinajstić information content (AvgIpc) is 2.80. The van der Waals surface area contributed by atoms with Gasteiger partial charge in [0.25, 0.3) is 0 Å². The van der Waals surface area contributed by atoms with Gasteiger partial charge in [0.15, 0.2) is 5.11 Å². The second-order valence-corrected chi connectivity index (χ2v) is 8.64. The Labute approximate surface area is 195 Å². The number of anilines is 2. The fourth-order valence-corrected chi connectivity index (χ4v) is 4.12. The quantitative estimate of drug-likeness (QED) is 0.480. The zero-order valence-corrected chi connectivity index (χ0v) is 19.3. The molecular formula is C25H29N5OS. The number of benzene rings is 2. The second-order valence-electron chi connectivity index (χ2n) is 8.23. The van der Waals surface area contributed by atoms with E-state index < -0.39 is 0 Å². The van der Waals surface area contributed by atoms with Crippen molar-refractivity contribution in [2.45, 2.75) is 32.7 Å². The molecule has 1 aliphatic rings. The van der Waals surface area contributed by atoms with Crippen molar-refractivity contribution in [2.24, 2.45) is 5.92 Å². The van der Waals surface area contributed by atoms with Crippen molar-refractivity contribution < 1.29 is 4.74 Å². The van der Waals surface area contributed by atoms with Crippen LogP contribution >= 0.6 is 12.2 Å². The predicted octanol–water partition coefficient (Wildman–Crippen LogP) is 5.55. The normalized spacial score (nSPS) is 16.8. The van der Waals surface area contributed by atoms with Gasteiger partial charge in [0.05, 0.1) is 6.04 Å². The van der Waals surface area contributed by atoms with E-state index in [1.165, 1.54) is 6.42 Å². The van der Waals surface area contributed by atoms with E-state index in [0.717, 1.165) is 36.6 Å². The van der Waals surface area contributed by atoms with Crippen LogP contribution < -0.4 is 20.3 Å². The molecule has 3 aromatic rings. The summed E-state index contributed by atoms with van der Waals surface area (Å²) in [5, 5.41) is 6.93. The van der Waals surface area contributed by atoms with Gasteiger partial charge >= 0.3 is 0 Å². The molecule has 1 aromatic heterocycles. The molecule has 0 spiro atoms. The van der Waals surface area contributed by atoms with Crippen molar-refractivity contribution >= 4 is 29.1 Å². The van der Waals surface area contributed by atoms with Crippen LogP contribution in [0, 0.1) is 5.92 Å². The molecule has 0 saturated carbocycles. The number of aromatic nitrogens is 2. The number of piperidine rings is 1. The third kappa shape index (κ3) is 5.95. The number of nitrogens with one attached hydrogen (secondary N) is 2. The van der Waals surface area contributed by atoms with E-state index in [0.29, 0.717) is 22.9 Å². The smallest absolute Gasteiger partial charge is 0.234 e. The van der Waals surface area contributed by atoms with Gasteiger partial charge in [0.2, 0.25) is 11.8 Å². The monoisotopic (exact) mass is 447 g/mol. The molecule has 166 valence electrons. The highest BCUT2D eigenvalue weighted by Crippen LogP contribution is 2.27. The molecule has 6 nitrogen and oxygen atoms in total. The predicted molar refractivity (Wildman–Crippen MR) is 133 cm³/mol.